The summed E-state index contributed by atoms with van der Waals surface area (Å²) < 4.78 is 54.0. The zero-order valence-corrected chi connectivity index (χ0v) is 12.9. The number of halogens is 3. The van der Waals surface area contributed by atoms with Gasteiger partial charge in [-0.05, 0) is 29.8 Å². The van der Waals surface area contributed by atoms with Crippen molar-refractivity contribution in [2.45, 2.75) is 12.7 Å². The summed E-state index contributed by atoms with van der Waals surface area (Å²) in [6, 6.07) is 9.95. The normalized spacial score (nSPS) is 12.8. The van der Waals surface area contributed by atoms with Crippen LogP contribution in [0, 0.1) is 0 Å². The summed E-state index contributed by atoms with van der Waals surface area (Å²) in [5, 5.41) is 2.58. The Morgan fingerprint density at radius 1 is 1.12 bits per heavy atom. The molecule has 2 aromatic carbocycles. The van der Waals surface area contributed by atoms with Gasteiger partial charge in [-0.3, -0.25) is 4.79 Å². The number of benzene rings is 2. The van der Waals surface area contributed by atoms with E-state index in [1.165, 1.54) is 18.2 Å². The summed E-state index contributed by atoms with van der Waals surface area (Å²) >= 11 is 0. The summed E-state index contributed by atoms with van der Waals surface area (Å²) in [6.07, 6.45) is -4.54. The fourth-order valence-electron chi connectivity index (χ4n) is 2.27. The molecule has 1 aliphatic heterocycles. The van der Waals surface area contributed by atoms with E-state index in [1.54, 1.807) is 18.2 Å². The molecule has 0 bridgehead atoms. The molecule has 0 aliphatic carbocycles. The highest BCUT2D eigenvalue weighted by Gasteiger charge is 2.34. The fourth-order valence-corrected chi connectivity index (χ4v) is 2.27. The van der Waals surface area contributed by atoms with Gasteiger partial charge in [0.2, 0.25) is 6.79 Å². The van der Waals surface area contributed by atoms with E-state index in [9.17, 15) is 18.0 Å². The summed E-state index contributed by atoms with van der Waals surface area (Å²) in [6.45, 7) is -0.172. The first-order valence-electron chi connectivity index (χ1n) is 7.38. The Morgan fingerprint density at radius 3 is 2.68 bits per heavy atom. The van der Waals surface area contributed by atoms with Crippen molar-refractivity contribution in [2.24, 2.45) is 0 Å². The van der Waals surface area contributed by atoms with Crippen molar-refractivity contribution in [3.63, 3.8) is 0 Å². The fraction of sp³-hybridized carbons (Fsp3) is 0.235. The van der Waals surface area contributed by atoms with Crippen LogP contribution >= 0.6 is 0 Å². The first-order chi connectivity index (χ1) is 11.9. The topological polar surface area (TPSA) is 56.8 Å². The highest BCUT2D eigenvalue weighted by molar-refractivity contribution is 5.77. The van der Waals surface area contributed by atoms with Crippen molar-refractivity contribution < 1.29 is 32.2 Å². The third-order valence-electron chi connectivity index (χ3n) is 3.48. The van der Waals surface area contributed by atoms with Crippen LogP contribution in [0.15, 0.2) is 42.5 Å². The predicted molar refractivity (Wildman–Crippen MR) is 81.4 cm³/mol. The lowest BCUT2D eigenvalue weighted by molar-refractivity contribution is -0.139. The molecular formula is C17H14F3NO4. The molecule has 0 unspecified atom stereocenters. The molecule has 0 saturated carbocycles. The molecular weight excluding hydrogens is 339 g/mol. The zero-order chi connectivity index (χ0) is 17.9. The van der Waals surface area contributed by atoms with E-state index >= 15 is 0 Å². The maximum atomic E-state index is 12.8. The minimum atomic E-state index is -4.54. The molecule has 0 atom stereocenters. The van der Waals surface area contributed by atoms with Gasteiger partial charge < -0.3 is 19.5 Å². The van der Waals surface area contributed by atoms with Gasteiger partial charge in [-0.1, -0.05) is 18.2 Å². The van der Waals surface area contributed by atoms with Gasteiger partial charge in [0.1, 0.15) is 5.75 Å². The van der Waals surface area contributed by atoms with E-state index in [2.05, 4.69) is 5.32 Å². The molecule has 3 rings (SSSR count). The van der Waals surface area contributed by atoms with Crippen molar-refractivity contribution in [3.05, 3.63) is 53.6 Å². The Bertz CT molecular complexity index is 777. The van der Waals surface area contributed by atoms with E-state index in [4.69, 9.17) is 14.2 Å². The zero-order valence-electron chi connectivity index (χ0n) is 12.9. The summed E-state index contributed by atoms with van der Waals surface area (Å²) in [4.78, 5) is 11.8. The second-order valence-electron chi connectivity index (χ2n) is 5.25. The predicted octanol–water partition coefficient (Wildman–Crippen LogP) is 3.13. The van der Waals surface area contributed by atoms with Gasteiger partial charge >= 0.3 is 6.18 Å². The average molecular weight is 353 g/mol. The quantitative estimate of drug-likeness (QED) is 0.897. The van der Waals surface area contributed by atoms with E-state index in [0.29, 0.717) is 11.5 Å². The third kappa shape index (κ3) is 4.14. The molecule has 1 aliphatic rings. The molecule has 0 aromatic heterocycles. The Morgan fingerprint density at radius 2 is 1.88 bits per heavy atom. The lowest BCUT2D eigenvalue weighted by Crippen LogP contribution is -2.28. The molecule has 132 valence electrons. The molecule has 2 aromatic rings. The molecule has 25 heavy (non-hydrogen) atoms. The van der Waals surface area contributed by atoms with Crippen LogP contribution in [0.25, 0.3) is 0 Å². The maximum Gasteiger partial charge on any atom is 0.419 e. The number of rotatable bonds is 5. The minimum absolute atomic E-state index is 0.150. The maximum absolute atomic E-state index is 12.8. The lowest BCUT2D eigenvalue weighted by atomic mass is 10.2. The van der Waals surface area contributed by atoms with Gasteiger partial charge in [-0.25, -0.2) is 0 Å². The number of nitrogens with one attached hydrogen (secondary N) is 1. The summed E-state index contributed by atoms with van der Waals surface area (Å²) in [5.41, 5.74) is -0.146. The lowest BCUT2D eigenvalue weighted by Gasteiger charge is -2.13. The SMILES string of the molecule is O=C(COc1ccccc1C(F)(F)F)NCc1ccc2c(c1)OCO2. The molecule has 1 amide bonds. The largest absolute Gasteiger partial charge is 0.483 e. The monoisotopic (exact) mass is 353 g/mol. The van der Waals surface area contributed by atoms with Crippen LogP contribution in [-0.2, 0) is 17.5 Å². The van der Waals surface area contributed by atoms with Crippen LogP contribution in [0.3, 0.4) is 0 Å². The van der Waals surface area contributed by atoms with Gasteiger partial charge in [0.15, 0.2) is 18.1 Å². The number of hydrogen-bond acceptors (Lipinski definition) is 4. The number of alkyl halides is 3. The highest BCUT2D eigenvalue weighted by Crippen LogP contribution is 2.36. The second kappa shape index (κ2) is 6.92. The van der Waals surface area contributed by atoms with E-state index in [-0.39, 0.29) is 19.1 Å². The van der Waals surface area contributed by atoms with E-state index < -0.39 is 24.3 Å². The van der Waals surface area contributed by atoms with Gasteiger partial charge in [-0.2, -0.15) is 13.2 Å². The first kappa shape index (κ1) is 16.9. The van der Waals surface area contributed by atoms with Gasteiger partial charge in [0.05, 0.1) is 5.56 Å². The number of carbonyl (C=O) groups is 1. The molecule has 5 nitrogen and oxygen atoms in total. The Hall–Kier alpha value is -2.90. The molecule has 1 N–H and O–H groups in total. The van der Waals surface area contributed by atoms with Crippen molar-refractivity contribution in [1.29, 1.82) is 0 Å². The molecule has 0 fully saturated rings. The molecule has 8 heteroatoms. The Balaban J connectivity index is 1.54. The van der Waals surface area contributed by atoms with E-state index in [1.807, 2.05) is 0 Å². The number of amides is 1. The van der Waals surface area contributed by atoms with E-state index in [0.717, 1.165) is 11.6 Å². The number of ether oxygens (including phenoxy) is 3. The van der Waals surface area contributed by atoms with Crippen LogP contribution in [0.2, 0.25) is 0 Å². The highest BCUT2D eigenvalue weighted by atomic mass is 19.4. The molecule has 0 spiro atoms. The smallest absolute Gasteiger partial charge is 0.419 e. The van der Waals surface area contributed by atoms with Crippen molar-refractivity contribution >= 4 is 5.91 Å². The average Bonchev–Trinajstić information content (AvgIpc) is 3.05. The molecule has 1 heterocycles. The van der Waals surface area contributed by atoms with Gasteiger partial charge in [-0.15, -0.1) is 0 Å². The van der Waals surface area contributed by atoms with Crippen LogP contribution in [0.5, 0.6) is 17.2 Å². The first-order valence-corrected chi connectivity index (χ1v) is 7.38. The summed E-state index contributed by atoms with van der Waals surface area (Å²) in [7, 11) is 0. The molecule has 0 saturated heterocycles. The van der Waals surface area contributed by atoms with Gasteiger partial charge in [0, 0.05) is 6.54 Å². The van der Waals surface area contributed by atoms with Crippen molar-refractivity contribution in [2.75, 3.05) is 13.4 Å². The second-order valence-corrected chi connectivity index (χ2v) is 5.25. The van der Waals surface area contributed by atoms with Crippen molar-refractivity contribution in [3.8, 4) is 17.2 Å². The number of fused-ring (bicyclic) bond motifs is 1. The standard InChI is InChI=1S/C17H14F3NO4/c18-17(19,20)12-3-1-2-4-13(12)23-9-16(22)21-8-11-5-6-14-15(7-11)25-10-24-14/h1-7H,8-10H2,(H,21,22). The number of para-hydroxylation sites is 1. The Labute approximate surface area is 141 Å². The summed E-state index contributed by atoms with van der Waals surface area (Å²) in [5.74, 6) is 0.298. The van der Waals surface area contributed by atoms with Crippen LogP contribution in [0.1, 0.15) is 11.1 Å². The Kier molecular flexibility index (Phi) is 4.69. The number of carbonyl (C=O) groups excluding carboxylic acids is 1. The third-order valence-corrected chi connectivity index (χ3v) is 3.48. The minimum Gasteiger partial charge on any atom is -0.483 e. The van der Waals surface area contributed by atoms with Crippen molar-refractivity contribution in [1.82, 2.24) is 5.32 Å². The van der Waals surface area contributed by atoms with Gasteiger partial charge in [0.25, 0.3) is 5.91 Å². The van der Waals surface area contributed by atoms with Crippen LogP contribution in [-0.4, -0.2) is 19.3 Å². The number of hydrogen-bond donors (Lipinski definition) is 1. The van der Waals surface area contributed by atoms with Crippen LogP contribution in [0.4, 0.5) is 13.2 Å². The van der Waals surface area contributed by atoms with Crippen LogP contribution < -0.4 is 19.5 Å². The molecule has 0 radical (unpaired) electrons.